The van der Waals surface area contributed by atoms with Crippen molar-refractivity contribution < 1.29 is 4.79 Å². The van der Waals surface area contributed by atoms with E-state index in [4.69, 9.17) is 9.93 Å². The van der Waals surface area contributed by atoms with Gasteiger partial charge in [0.2, 0.25) is 0 Å². The van der Waals surface area contributed by atoms with Crippen LogP contribution in [0.15, 0.2) is 0 Å². The van der Waals surface area contributed by atoms with Crippen molar-refractivity contribution >= 4 is 27.4 Å². The summed E-state index contributed by atoms with van der Waals surface area (Å²) >= 11 is 0. The van der Waals surface area contributed by atoms with Gasteiger partial charge in [-0.1, -0.05) is 0 Å². The maximum atomic E-state index is 9.14. The second kappa shape index (κ2) is 4.33. The standard InChI is InChI=1S/CH2NOS2/c2-5-4-1-3/h2H2. The fourth-order valence-electron chi connectivity index (χ4n) is 0.0196. The Morgan fingerprint density at radius 3 is 2.40 bits per heavy atom. The van der Waals surface area contributed by atoms with Crippen molar-refractivity contribution in [3.8, 4) is 0 Å². The quantitative estimate of drug-likeness (QED) is 0.408. The summed E-state index contributed by atoms with van der Waals surface area (Å²) in [6.45, 7) is 0. The first-order chi connectivity index (χ1) is 2.41. The van der Waals surface area contributed by atoms with Gasteiger partial charge in [-0.15, -0.1) is 0 Å². The molecule has 4 heteroatoms. The van der Waals surface area contributed by atoms with Crippen LogP contribution < -0.4 is 5.14 Å². The number of carbonyl (C=O) groups excluding carboxylic acids is 1. The van der Waals surface area contributed by atoms with Crippen molar-refractivity contribution in [1.29, 1.82) is 0 Å². The normalized spacial score (nSPS) is 7.40. The van der Waals surface area contributed by atoms with Gasteiger partial charge >= 0.3 is 0 Å². The minimum atomic E-state index is 0.852. The van der Waals surface area contributed by atoms with Gasteiger partial charge in [-0.3, -0.25) is 9.93 Å². The Labute approximate surface area is 38.0 Å². The molecule has 0 unspecified atom stereocenters. The summed E-state index contributed by atoms with van der Waals surface area (Å²) in [5.41, 5.74) is 1.52. The monoisotopic (exact) mass is 108 g/mol. The van der Waals surface area contributed by atoms with E-state index in [1.165, 1.54) is 5.62 Å². The molecular formula is CH2NOS2. The van der Waals surface area contributed by atoms with Crippen LogP contribution >= 0.6 is 21.8 Å². The third kappa shape index (κ3) is 4.33. The van der Waals surface area contributed by atoms with Crippen molar-refractivity contribution in [2.45, 2.75) is 0 Å². The van der Waals surface area contributed by atoms with E-state index in [2.05, 4.69) is 0 Å². The van der Waals surface area contributed by atoms with Crippen molar-refractivity contribution in [2.75, 3.05) is 0 Å². The molecule has 0 amide bonds. The van der Waals surface area contributed by atoms with E-state index < -0.39 is 0 Å². The number of rotatable bonds is 2. The van der Waals surface area contributed by atoms with Crippen molar-refractivity contribution in [3.63, 3.8) is 0 Å². The molecule has 0 saturated heterocycles. The molecule has 0 aliphatic carbocycles. The predicted octanol–water partition coefficient (Wildman–Crippen LogP) is 0.309. The van der Waals surface area contributed by atoms with Crippen LogP contribution in [0.2, 0.25) is 0 Å². The molecule has 0 saturated carbocycles. The largest absolute Gasteiger partial charge is 0.278 e. The topological polar surface area (TPSA) is 43.1 Å². The zero-order valence-electron chi connectivity index (χ0n) is 2.30. The minimum absolute atomic E-state index is 0.852. The molecule has 0 aromatic rings. The first-order valence-corrected chi connectivity index (χ1v) is 3.02. The molecule has 0 aliphatic heterocycles. The van der Waals surface area contributed by atoms with Crippen LogP contribution in [0.25, 0.3) is 0 Å². The molecule has 0 bridgehead atoms. The molecule has 0 spiro atoms. The minimum Gasteiger partial charge on any atom is -0.276 e. The van der Waals surface area contributed by atoms with E-state index in [9.17, 15) is 0 Å². The summed E-state index contributed by atoms with van der Waals surface area (Å²) in [5.74, 6) is 0. The highest BCUT2D eigenvalue weighted by atomic mass is 33.1. The molecule has 0 heterocycles. The van der Waals surface area contributed by atoms with Gasteiger partial charge in [-0.05, 0) is 11.0 Å². The zero-order valence-corrected chi connectivity index (χ0v) is 3.94. The van der Waals surface area contributed by atoms with E-state index in [-0.39, 0.29) is 0 Å². The molecule has 0 atom stereocenters. The molecule has 29 valence electrons. The van der Waals surface area contributed by atoms with Crippen LogP contribution in [0, 0.1) is 0 Å². The van der Waals surface area contributed by atoms with Crippen LogP contribution in [0.3, 0.4) is 0 Å². The highest BCUT2D eigenvalue weighted by Crippen LogP contribution is 2.05. The number of hydrogen-bond donors (Lipinski definition) is 1. The van der Waals surface area contributed by atoms with Gasteiger partial charge in [0.1, 0.15) is 0 Å². The van der Waals surface area contributed by atoms with Gasteiger partial charge in [0.25, 0.3) is 5.62 Å². The van der Waals surface area contributed by atoms with Crippen molar-refractivity contribution in [1.82, 2.24) is 0 Å². The van der Waals surface area contributed by atoms with Crippen LogP contribution in [0.1, 0.15) is 0 Å². The van der Waals surface area contributed by atoms with Crippen LogP contribution in [-0.2, 0) is 4.79 Å². The van der Waals surface area contributed by atoms with E-state index in [1.807, 2.05) is 0 Å². The summed E-state index contributed by atoms with van der Waals surface area (Å²) in [5, 5.41) is 4.76. The highest BCUT2D eigenvalue weighted by molar-refractivity contribution is 8.80. The van der Waals surface area contributed by atoms with Crippen LogP contribution in [0.5, 0.6) is 0 Å². The first kappa shape index (κ1) is 5.33. The molecular weight excluding hydrogens is 106 g/mol. The predicted molar refractivity (Wildman–Crippen MR) is 25.1 cm³/mol. The third-order valence-corrected chi connectivity index (χ3v) is 0.739. The Balaban J connectivity index is 2.40. The van der Waals surface area contributed by atoms with E-state index >= 15 is 0 Å². The van der Waals surface area contributed by atoms with E-state index in [0.29, 0.717) is 0 Å². The number of hydrogen-bond acceptors (Lipinski definition) is 4. The zero-order chi connectivity index (χ0) is 4.12. The lowest BCUT2D eigenvalue weighted by molar-refractivity contribution is 0.570. The maximum absolute atomic E-state index is 9.14. The van der Waals surface area contributed by atoms with Crippen LogP contribution in [-0.4, -0.2) is 5.62 Å². The molecule has 2 nitrogen and oxygen atoms in total. The van der Waals surface area contributed by atoms with E-state index in [0.717, 1.165) is 21.8 Å². The van der Waals surface area contributed by atoms with Crippen LogP contribution in [0.4, 0.5) is 0 Å². The molecule has 2 N–H and O–H groups in total. The van der Waals surface area contributed by atoms with Gasteiger partial charge in [-0.25, -0.2) is 0 Å². The molecule has 5 heavy (non-hydrogen) atoms. The summed E-state index contributed by atoms with van der Waals surface area (Å²) in [4.78, 5) is 9.14. The fraction of sp³-hybridized carbons (Fsp3) is 0. The van der Waals surface area contributed by atoms with Crippen molar-refractivity contribution in [2.24, 2.45) is 5.14 Å². The average molecular weight is 108 g/mol. The van der Waals surface area contributed by atoms with E-state index in [1.54, 1.807) is 0 Å². The maximum Gasteiger partial charge on any atom is 0.278 e. The van der Waals surface area contributed by atoms with Gasteiger partial charge in [0, 0.05) is 10.8 Å². The molecule has 0 aromatic heterocycles. The number of nitrogens with two attached hydrogens (primary N) is 1. The first-order valence-electron chi connectivity index (χ1n) is 0.811. The Bertz CT molecular complexity index is 30.8. The van der Waals surface area contributed by atoms with Gasteiger partial charge in [0.05, 0.1) is 0 Å². The third-order valence-electron chi connectivity index (χ3n) is 0.0821. The summed E-state index contributed by atoms with van der Waals surface area (Å²) in [7, 11) is 1.75. The van der Waals surface area contributed by atoms with Gasteiger partial charge in [0.15, 0.2) is 0 Å². The second-order valence-corrected chi connectivity index (χ2v) is 1.87. The van der Waals surface area contributed by atoms with Gasteiger partial charge < -0.3 is 0 Å². The fourth-order valence-corrected chi connectivity index (χ4v) is 0.177. The molecule has 0 aromatic carbocycles. The molecule has 0 rings (SSSR count). The summed E-state index contributed by atoms with van der Waals surface area (Å²) < 4.78 is 0. The van der Waals surface area contributed by atoms with Crippen molar-refractivity contribution in [3.05, 3.63) is 0 Å². The SMILES string of the molecule is NSS[C]=O. The Morgan fingerprint density at radius 2 is 2.40 bits per heavy atom. The molecule has 0 aliphatic rings. The average Bonchev–Trinajstić information content (AvgIpc) is 1.41. The van der Waals surface area contributed by atoms with Gasteiger partial charge in [-0.2, -0.15) is 0 Å². The lowest BCUT2D eigenvalue weighted by atomic mass is 11.8. The molecule has 1 radical (unpaired) electrons. The molecule has 0 fully saturated rings. The smallest absolute Gasteiger partial charge is 0.276 e. The Morgan fingerprint density at radius 1 is 1.80 bits per heavy atom. The highest BCUT2D eigenvalue weighted by Gasteiger charge is 1.70. The Kier molecular flexibility index (Phi) is 4.62. The lowest BCUT2D eigenvalue weighted by Crippen LogP contribution is -1.66. The lowest BCUT2D eigenvalue weighted by Gasteiger charge is -1.67. The summed E-state index contributed by atoms with van der Waals surface area (Å²) in [6.07, 6.45) is 0. The Hall–Kier alpha value is 0.330. The summed E-state index contributed by atoms with van der Waals surface area (Å²) in [6, 6.07) is 0. The second-order valence-electron chi connectivity index (χ2n) is 0.263.